The Morgan fingerprint density at radius 1 is 1.09 bits per heavy atom. The van der Waals surface area contributed by atoms with Crippen LogP contribution in [0.25, 0.3) is 0 Å². The molecule has 4 aliphatic carbocycles. The lowest BCUT2D eigenvalue weighted by Crippen LogP contribution is -2.55. The van der Waals surface area contributed by atoms with E-state index in [1.54, 1.807) is 0 Å². The lowest BCUT2D eigenvalue weighted by Gasteiger charge is -2.58. The van der Waals surface area contributed by atoms with Crippen molar-refractivity contribution in [3.05, 3.63) is 11.6 Å². The number of carbonyl (C=O) groups is 2. The maximum Gasteiger partial charge on any atom is 0.303 e. The van der Waals surface area contributed by atoms with E-state index >= 15 is 0 Å². The summed E-state index contributed by atoms with van der Waals surface area (Å²) in [4.78, 5) is 25.3. The maximum atomic E-state index is 13.8. The molecule has 3 saturated carbocycles. The monoisotopic (exact) mass is 470 g/mol. The molecule has 6 rings (SSSR count). The molecule has 11 atom stereocenters. The Kier molecular flexibility index (Phi) is 5.22. The van der Waals surface area contributed by atoms with Gasteiger partial charge in [-0.3, -0.25) is 9.59 Å². The summed E-state index contributed by atoms with van der Waals surface area (Å²) < 4.78 is 18.8. The van der Waals surface area contributed by atoms with Crippen LogP contribution in [0.4, 0.5) is 0 Å². The average molecular weight is 471 g/mol. The fourth-order valence-electron chi connectivity index (χ4n) is 9.72. The summed E-state index contributed by atoms with van der Waals surface area (Å²) in [5, 5.41) is 0. The molecule has 0 N–H and O–H groups in total. The second-order valence-corrected chi connectivity index (χ2v) is 13.2. The van der Waals surface area contributed by atoms with E-state index in [4.69, 9.17) is 14.2 Å². The first-order valence-corrected chi connectivity index (χ1v) is 13.8. The van der Waals surface area contributed by atoms with Crippen molar-refractivity contribution in [2.45, 2.75) is 104 Å². The van der Waals surface area contributed by atoms with Crippen LogP contribution in [0.15, 0.2) is 11.6 Å². The lowest BCUT2D eigenvalue weighted by atomic mass is 9.46. The van der Waals surface area contributed by atoms with Gasteiger partial charge in [-0.05, 0) is 79.1 Å². The summed E-state index contributed by atoms with van der Waals surface area (Å²) in [6, 6.07) is 0. The fraction of sp³-hybridized carbons (Fsp3) is 0.862. The quantitative estimate of drug-likeness (QED) is 0.376. The standard InChI is InChI=1S/C29H42O5/c1-16-6-11-29(32-15-16)17(2)26-24(34-29)14-22-25-21(8-10-28(22,26)5)27(4)9-7-20(33-18(3)30)12-19(27)13-23(25)31/h12,16-17,20-22,24-26H,6-11,13-15H2,1-5H3/t16-,17-,20+,21+,22+,24+,25+,26-,27-,28-,29+/m0/s1. The number of carbonyl (C=O) groups excluding carboxylic acids is 2. The van der Waals surface area contributed by atoms with Crippen LogP contribution in [0.3, 0.4) is 0 Å². The van der Waals surface area contributed by atoms with Crippen LogP contribution in [0, 0.1) is 46.3 Å². The number of ether oxygens (including phenoxy) is 3. The zero-order valence-electron chi connectivity index (χ0n) is 21.6. The topological polar surface area (TPSA) is 61.8 Å². The first-order chi connectivity index (χ1) is 16.1. The minimum absolute atomic E-state index is 0.0462. The van der Waals surface area contributed by atoms with Crippen molar-refractivity contribution in [1.82, 2.24) is 0 Å². The highest BCUT2D eigenvalue weighted by Gasteiger charge is 2.69. The molecule has 0 amide bonds. The van der Waals surface area contributed by atoms with Crippen LogP contribution in [-0.2, 0) is 23.8 Å². The molecule has 0 aromatic heterocycles. The molecular formula is C29H42O5. The summed E-state index contributed by atoms with van der Waals surface area (Å²) in [6.07, 6.45) is 10.0. The van der Waals surface area contributed by atoms with Gasteiger partial charge in [0.05, 0.1) is 12.7 Å². The Hall–Kier alpha value is -1.20. The van der Waals surface area contributed by atoms with Crippen molar-refractivity contribution < 1.29 is 23.8 Å². The maximum absolute atomic E-state index is 13.8. The number of ketones is 1. The van der Waals surface area contributed by atoms with Gasteiger partial charge in [0, 0.05) is 31.6 Å². The predicted octanol–water partition coefficient (Wildman–Crippen LogP) is 5.46. The molecule has 0 radical (unpaired) electrons. The Labute approximate surface area is 204 Å². The largest absolute Gasteiger partial charge is 0.458 e. The predicted molar refractivity (Wildman–Crippen MR) is 128 cm³/mol. The molecule has 5 nitrogen and oxygen atoms in total. The van der Waals surface area contributed by atoms with Gasteiger partial charge in [0.1, 0.15) is 11.9 Å². The summed E-state index contributed by atoms with van der Waals surface area (Å²) in [5.41, 5.74) is 1.42. The Balaban J connectivity index is 1.27. The third-order valence-electron chi connectivity index (χ3n) is 11.5. The number of fused-ring (bicyclic) bond motifs is 7. The number of hydrogen-bond donors (Lipinski definition) is 0. The minimum Gasteiger partial charge on any atom is -0.458 e. The van der Waals surface area contributed by atoms with Gasteiger partial charge >= 0.3 is 5.97 Å². The highest BCUT2D eigenvalue weighted by Crippen LogP contribution is 2.70. The molecular weight excluding hydrogens is 428 g/mol. The van der Waals surface area contributed by atoms with E-state index in [-0.39, 0.29) is 34.9 Å². The van der Waals surface area contributed by atoms with Gasteiger partial charge < -0.3 is 14.2 Å². The van der Waals surface area contributed by atoms with Crippen LogP contribution in [0.5, 0.6) is 0 Å². The van der Waals surface area contributed by atoms with E-state index in [1.165, 1.54) is 25.3 Å². The number of rotatable bonds is 1. The van der Waals surface area contributed by atoms with Crippen LogP contribution < -0.4 is 0 Å². The van der Waals surface area contributed by atoms with Crippen LogP contribution in [-0.4, -0.2) is 36.4 Å². The van der Waals surface area contributed by atoms with Crippen LogP contribution in [0.2, 0.25) is 0 Å². The molecule has 6 aliphatic rings. The molecule has 0 unspecified atom stereocenters. The number of allylic oxidation sites excluding steroid dienone is 1. The van der Waals surface area contributed by atoms with Crippen LogP contribution in [0.1, 0.15) is 86.0 Å². The summed E-state index contributed by atoms with van der Waals surface area (Å²) in [6.45, 7) is 11.8. The number of hydrogen-bond acceptors (Lipinski definition) is 5. The zero-order chi connectivity index (χ0) is 24.0. The van der Waals surface area contributed by atoms with E-state index in [9.17, 15) is 9.59 Å². The van der Waals surface area contributed by atoms with Gasteiger partial charge in [0.2, 0.25) is 0 Å². The van der Waals surface area contributed by atoms with E-state index in [2.05, 4.69) is 33.8 Å². The highest BCUT2D eigenvalue weighted by atomic mass is 16.7. The van der Waals surface area contributed by atoms with Crippen molar-refractivity contribution in [2.24, 2.45) is 46.3 Å². The first kappa shape index (κ1) is 23.2. The third-order valence-corrected chi connectivity index (χ3v) is 11.5. The fourth-order valence-corrected chi connectivity index (χ4v) is 9.72. The molecule has 2 heterocycles. The first-order valence-electron chi connectivity index (χ1n) is 13.8. The molecule has 0 bridgehead atoms. The molecule has 0 aromatic carbocycles. The van der Waals surface area contributed by atoms with Gasteiger partial charge in [-0.15, -0.1) is 0 Å². The molecule has 0 aromatic rings. The Bertz CT molecular complexity index is 915. The number of Topliss-reactive ketones (excluding diaryl/α,β-unsaturated/α-hetero) is 1. The minimum atomic E-state index is -0.403. The van der Waals surface area contributed by atoms with E-state index in [0.29, 0.717) is 41.8 Å². The van der Waals surface area contributed by atoms with Gasteiger partial charge in [0.25, 0.3) is 0 Å². The summed E-state index contributed by atoms with van der Waals surface area (Å²) in [7, 11) is 0. The van der Waals surface area contributed by atoms with Gasteiger partial charge in [0.15, 0.2) is 5.79 Å². The van der Waals surface area contributed by atoms with Crippen molar-refractivity contribution in [3.63, 3.8) is 0 Å². The summed E-state index contributed by atoms with van der Waals surface area (Å²) >= 11 is 0. The highest BCUT2D eigenvalue weighted by molar-refractivity contribution is 5.86. The molecule has 2 aliphatic heterocycles. The molecule has 34 heavy (non-hydrogen) atoms. The van der Waals surface area contributed by atoms with Gasteiger partial charge in [-0.1, -0.05) is 33.3 Å². The SMILES string of the molecule is CC(=O)O[C@H]1C=C2CC(=O)[C@H]3[C@H]4C[C@H]5O[C@]6(CC[C@H](C)CO6)[C@@H](C)[C@@H]5[C@@]4(C)CC[C@H]3[C@@]2(C)CC1. The van der Waals surface area contributed by atoms with Crippen molar-refractivity contribution in [3.8, 4) is 0 Å². The lowest BCUT2D eigenvalue weighted by molar-refractivity contribution is -0.272. The smallest absolute Gasteiger partial charge is 0.303 e. The van der Waals surface area contributed by atoms with E-state index in [0.717, 1.165) is 38.7 Å². The third kappa shape index (κ3) is 3.11. The van der Waals surface area contributed by atoms with Crippen molar-refractivity contribution in [1.29, 1.82) is 0 Å². The second-order valence-electron chi connectivity index (χ2n) is 13.2. The second kappa shape index (κ2) is 7.65. The Morgan fingerprint density at radius 2 is 1.88 bits per heavy atom. The zero-order valence-corrected chi connectivity index (χ0v) is 21.6. The van der Waals surface area contributed by atoms with Crippen LogP contribution >= 0.6 is 0 Å². The molecule has 1 spiro atoms. The normalized spacial score (nSPS) is 54.0. The molecule has 2 saturated heterocycles. The molecule has 5 fully saturated rings. The van der Waals surface area contributed by atoms with Gasteiger partial charge in [-0.2, -0.15) is 0 Å². The Morgan fingerprint density at radius 3 is 2.59 bits per heavy atom. The molecule has 188 valence electrons. The van der Waals surface area contributed by atoms with Crippen molar-refractivity contribution >= 4 is 11.8 Å². The summed E-state index contributed by atoms with van der Waals surface area (Å²) in [5.74, 6) is 2.17. The van der Waals surface area contributed by atoms with E-state index in [1.807, 2.05) is 0 Å². The van der Waals surface area contributed by atoms with Crippen molar-refractivity contribution in [2.75, 3.05) is 6.61 Å². The van der Waals surface area contributed by atoms with Gasteiger partial charge in [-0.25, -0.2) is 0 Å². The van der Waals surface area contributed by atoms with E-state index < -0.39 is 5.79 Å². The number of esters is 1. The molecule has 5 heteroatoms. The average Bonchev–Trinajstić information content (AvgIpc) is 3.21.